The van der Waals surface area contributed by atoms with Gasteiger partial charge in [-0.25, -0.2) is 0 Å². The summed E-state index contributed by atoms with van der Waals surface area (Å²) in [5.74, 6) is 1.75. The minimum Gasteiger partial charge on any atom is -0.495 e. The van der Waals surface area contributed by atoms with Crippen molar-refractivity contribution in [2.75, 3.05) is 13.7 Å². The van der Waals surface area contributed by atoms with E-state index in [1.165, 1.54) is 32.1 Å². The van der Waals surface area contributed by atoms with Gasteiger partial charge in [-0.1, -0.05) is 32.6 Å². The van der Waals surface area contributed by atoms with Crippen molar-refractivity contribution in [3.63, 3.8) is 0 Å². The number of methoxy groups -OCH3 is 1. The molecule has 1 atom stereocenters. The first-order valence-electron chi connectivity index (χ1n) is 7.07. The summed E-state index contributed by atoms with van der Waals surface area (Å²) in [6.07, 6.45) is 8.57. The lowest BCUT2D eigenvalue weighted by molar-refractivity contribution is 0.363. The van der Waals surface area contributed by atoms with E-state index in [-0.39, 0.29) is 0 Å². The van der Waals surface area contributed by atoms with E-state index in [1.54, 1.807) is 7.11 Å². The van der Waals surface area contributed by atoms with Crippen LogP contribution in [0.1, 0.15) is 50.8 Å². The van der Waals surface area contributed by atoms with E-state index >= 15 is 0 Å². The Balaban J connectivity index is 2.11. The number of rotatable bonds is 6. The number of ether oxygens (including phenoxy) is 1. The lowest BCUT2D eigenvalue weighted by Gasteiger charge is -2.22. The molecule has 1 aliphatic carbocycles. The number of aromatic nitrogens is 1. The van der Waals surface area contributed by atoms with Gasteiger partial charge in [-0.05, 0) is 31.0 Å². The quantitative estimate of drug-likeness (QED) is 0.838. The maximum atomic E-state index is 5.43. The SMILES string of the molecule is CCNC(CC1CCCC1)c1ncccc1OC. The first-order chi connectivity index (χ1) is 8.85. The van der Waals surface area contributed by atoms with Crippen LogP contribution in [0.4, 0.5) is 0 Å². The fourth-order valence-electron chi connectivity index (χ4n) is 2.95. The molecule has 0 bridgehead atoms. The molecule has 3 heteroatoms. The summed E-state index contributed by atoms with van der Waals surface area (Å²) in [5.41, 5.74) is 1.06. The molecule has 1 heterocycles. The van der Waals surface area contributed by atoms with E-state index in [0.29, 0.717) is 6.04 Å². The molecule has 0 radical (unpaired) electrons. The minimum absolute atomic E-state index is 0.328. The maximum Gasteiger partial charge on any atom is 0.141 e. The predicted octanol–water partition coefficient (Wildman–Crippen LogP) is 3.32. The lowest BCUT2D eigenvalue weighted by Crippen LogP contribution is -2.24. The topological polar surface area (TPSA) is 34.2 Å². The maximum absolute atomic E-state index is 5.43. The molecular formula is C15H24N2O. The summed E-state index contributed by atoms with van der Waals surface area (Å²) < 4.78 is 5.43. The van der Waals surface area contributed by atoms with Crippen LogP contribution in [0, 0.1) is 5.92 Å². The molecule has 0 spiro atoms. The molecule has 1 N–H and O–H groups in total. The molecule has 1 unspecified atom stereocenters. The smallest absolute Gasteiger partial charge is 0.141 e. The van der Waals surface area contributed by atoms with Crippen molar-refractivity contribution < 1.29 is 4.74 Å². The number of pyridine rings is 1. The second-order valence-corrected chi connectivity index (χ2v) is 5.09. The van der Waals surface area contributed by atoms with Gasteiger partial charge in [0, 0.05) is 6.20 Å². The Morgan fingerprint density at radius 2 is 2.22 bits per heavy atom. The Kier molecular flexibility index (Phi) is 5.00. The van der Waals surface area contributed by atoms with Crippen LogP contribution < -0.4 is 10.1 Å². The van der Waals surface area contributed by atoms with Crippen molar-refractivity contribution in [2.45, 2.75) is 45.1 Å². The summed E-state index contributed by atoms with van der Waals surface area (Å²) in [6, 6.07) is 4.26. The summed E-state index contributed by atoms with van der Waals surface area (Å²) in [7, 11) is 1.72. The number of nitrogens with zero attached hydrogens (tertiary/aromatic N) is 1. The van der Waals surface area contributed by atoms with Crippen molar-refractivity contribution in [3.8, 4) is 5.75 Å². The number of hydrogen-bond donors (Lipinski definition) is 1. The van der Waals surface area contributed by atoms with Gasteiger partial charge in [-0.3, -0.25) is 4.98 Å². The van der Waals surface area contributed by atoms with Crippen molar-refractivity contribution in [3.05, 3.63) is 24.0 Å². The molecule has 1 aromatic rings. The van der Waals surface area contributed by atoms with E-state index in [0.717, 1.165) is 23.9 Å². The Labute approximate surface area is 110 Å². The van der Waals surface area contributed by atoms with Crippen molar-refractivity contribution in [1.82, 2.24) is 10.3 Å². The molecule has 3 nitrogen and oxygen atoms in total. The molecule has 0 aliphatic heterocycles. The average Bonchev–Trinajstić information content (AvgIpc) is 2.91. The summed E-state index contributed by atoms with van der Waals surface area (Å²) in [6.45, 7) is 3.12. The molecule has 2 rings (SSSR count). The molecular weight excluding hydrogens is 224 g/mol. The average molecular weight is 248 g/mol. The van der Waals surface area contributed by atoms with E-state index in [1.807, 2.05) is 18.3 Å². The zero-order valence-electron chi connectivity index (χ0n) is 11.5. The lowest BCUT2D eigenvalue weighted by atomic mass is 9.95. The first kappa shape index (κ1) is 13.3. The van der Waals surface area contributed by atoms with Crippen LogP contribution in [0.2, 0.25) is 0 Å². The summed E-state index contributed by atoms with van der Waals surface area (Å²) >= 11 is 0. The minimum atomic E-state index is 0.328. The van der Waals surface area contributed by atoms with Crippen LogP contribution in [0.3, 0.4) is 0 Å². The highest BCUT2D eigenvalue weighted by molar-refractivity contribution is 5.29. The zero-order valence-corrected chi connectivity index (χ0v) is 11.5. The van der Waals surface area contributed by atoms with E-state index in [9.17, 15) is 0 Å². The Morgan fingerprint density at radius 3 is 2.89 bits per heavy atom. The van der Waals surface area contributed by atoms with Gasteiger partial charge in [0.1, 0.15) is 5.75 Å². The zero-order chi connectivity index (χ0) is 12.8. The van der Waals surface area contributed by atoms with Crippen LogP contribution >= 0.6 is 0 Å². The van der Waals surface area contributed by atoms with Gasteiger partial charge >= 0.3 is 0 Å². The van der Waals surface area contributed by atoms with Crippen LogP contribution in [0.15, 0.2) is 18.3 Å². The summed E-state index contributed by atoms with van der Waals surface area (Å²) in [5, 5.41) is 3.56. The molecule has 1 fully saturated rings. The van der Waals surface area contributed by atoms with E-state index in [4.69, 9.17) is 4.74 Å². The Bertz CT molecular complexity index is 361. The largest absolute Gasteiger partial charge is 0.495 e. The number of nitrogens with one attached hydrogen (secondary N) is 1. The second kappa shape index (κ2) is 6.74. The van der Waals surface area contributed by atoms with Crippen LogP contribution in [0.5, 0.6) is 5.75 Å². The number of hydrogen-bond acceptors (Lipinski definition) is 3. The molecule has 1 aromatic heterocycles. The molecule has 1 aliphatic rings. The van der Waals surface area contributed by atoms with Gasteiger partial charge in [-0.2, -0.15) is 0 Å². The standard InChI is InChI=1S/C15H24N2O/c1-3-16-13(11-12-7-4-5-8-12)15-14(18-2)9-6-10-17-15/h6,9-10,12-13,16H,3-5,7-8,11H2,1-2H3. The fraction of sp³-hybridized carbons (Fsp3) is 0.667. The monoisotopic (exact) mass is 248 g/mol. The molecule has 0 amide bonds. The third kappa shape index (κ3) is 3.22. The van der Waals surface area contributed by atoms with Gasteiger partial charge in [0.25, 0.3) is 0 Å². The normalized spacial score (nSPS) is 17.9. The molecule has 100 valence electrons. The van der Waals surface area contributed by atoms with Gasteiger partial charge in [0.2, 0.25) is 0 Å². The Hall–Kier alpha value is -1.09. The molecule has 0 saturated heterocycles. The fourth-order valence-corrected chi connectivity index (χ4v) is 2.95. The van der Waals surface area contributed by atoms with Gasteiger partial charge in [0.05, 0.1) is 18.8 Å². The second-order valence-electron chi connectivity index (χ2n) is 5.09. The van der Waals surface area contributed by atoms with Crippen molar-refractivity contribution in [1.29, 1.82) is 0 Å². The summed E-state index contributed by atoms with van der Waals surface area (Å²) in [4.78, 5) is 4.52. The molecule has 1 saturated carbocycles. The third-order valence-electron chi connectivity index (χ3n) is 3.84. The highest BCUT2D eigenvalue weighted by Crippen LogP contribution is 2.34. The van der Waals surface area contributed by atoms with E-state index in [2.05, 4.69) is 17.2 Å². The predicted molar refractivity (Wildman–Crippen MR) is 73.8 cm³/mol. The highest BCUT2D eigenvalue weighted by atomic mass is 16.5. The van der Waals surface area contributed by atoms with Gasteiger partial charge < -0.3 is 10.1 Å². The van der Waals surface area contributed by atoms with Gasteiger partial charge in [0.15, 0.2) is 0 Å². The van der Waals surface area contributed by atoms with Gasteiger partial charge in [-0.15, -0.1) is 0 Å². The Morgan fingerprint density at radius 1 is 1.44 bits per heavy atom. The van der Waals surface area contributed by atoms with Crippen molar-refractivity contribution in [2.24, 2.45) is 5.92 Å². The van der Waals surface area contributed by atoms with Crippen molar-refractivity contribution >= 4 is 0 Å². The van der Waals surface area contributed by atoms with E-state index < -0.39 is 0 Å². The third-order valence-corrected chi connectivity index (χ3v) is 3.84. The van der Waals surface area contributed by atoms with Crippen LogP contribution in [-0.4, -0.2) is 18.6 Å². The van der Waals surface area contributed by atoms with Crippen LogP contribution in [0.25, 0.3) is 0 Å². The van der Waals surface area contributed by atoms with Crippen LogP contribution in [-0.2, 0) is 0 Å². The first-order valence-corrected chi connectivity index (χ1v) is 7.07. The highest BCUT2D eigenvalue weighted by Gasteiger charge is 2.23. The molecule has 0 aromatic carbocycles. The molecule has 18 heavy (non-hydrogen) atoms.